The molecule has 0 aromatic heterocycles. The molecule has 0 aliphatic carbocycles. The third kappa shape index (κ3) is 5.62. The van der Waals surface area contributed by atoms with Gasteiger partial charge in [0, 0.05) is 6.54 Å². The summed E-state index contributed by atoms with van der Waals surface area (Å²) in [6.07, 6.45) is 0. The van der Waals surface area contributed by atoms with Crippen LogP contribution in [0.25, 0.3) is 0 Å². The fourth-order valence-electron chi connectivity index (χ4n) is 1.68. The molecule has 0 saturated carbocycles. The number of nitrogens with one attached hydrogen (secondary N) is 3. The van der Waals surface area contributed by atoms with E-state index in [9.17, 15) is 14.4 Å². The van der Waals surface area contributed by atoms with E-state index < -0.39 is 24.5 Å². The average molecular weight is 293 g/mol. The third-order valence-electron chi connectivity index (χ3n) is 2.64. The van der Waals surface area contributed by atoms with Crippen LogP contribution >= 0.6 is 0 Å². The Labute approximate surface area is 122 Å². The van der Waals surface area contributed by atoms with Gasteiger partial charge in [-0.05, 0) is 12.5 Å². The Balaban J connectivity index is 2.74. The molecule has 1 atom stereocenters. The molecule has 1 rings (SSSR count). The smallest absolute Gasteiger partial charge is 0.247 e. The summed E-state index contributed by atoms with van der Waals surface area (Å²) in [6, 6.07) is 7.62. The molecule has 21 heavy (non-hydrogen) atoms. The van der Waals surface area contributed by atoms with E-state index in [1.807, 2.05) is 0 Å². The van der Waals surface area contributed by atoms with Crippen LogP contribution in [0.2, 0.25) is 0 Å². The van der Waals surface area contributed by atoms with Crippen molar-refractivity contribution in [1.82, 2.24) is 16.0 Å². The van der Waals surface area contributed by atoms with Crippen LogP contribution in [-0.2, 0) is 14.4 Å². The van der Waals surface area contributed by atoms with Crippen molar-refractivity contribution in [2.45, 2.75) is 13.0 Å². The SMILES string of the molecule is CCNC(=O)CNC(=O)[C@H](NC(=O)CO)c1ccccc1. The molecule has 7 nitrogen and oxygen atoms in total. The Morgan fingerprint density at radius 2 is 1.76 bits per heavy atom. The molecular weight excluding hydrogens is 274 g/mol. The molecule has 0 spiro atoms. The predicted octanol–water partition coefficient (Wildman–Crippen LogP) is -0.911. The molecule has 4 N–H and O–H groups in total. The van der Waals surface area contributed by atoms with Gasteiger partial charge in [0.25, 0.3) is 0 Å². The van der Waals surface area contributed by atoms with Crippen LogP contribution in [0.15, 0.2) is 30.3 Å². The van der Waals surface area contributed by atoms with E-state index in [1.165, 1.54) is 0 Å². The van der Waals surface area contributed by atoms with Crippen LogP contribution in [-0.4, -0.2) is 42.5 Å². The van der Waals surface area contributed by atoms with Gasteiger partial charge in [-0.2, -0.15) is 0 Å². The van der Waals surface area contributed by atoms with E-state index in [0.717, 1.165) is 0 Å². The number of amides is 3. The van der Waals surface area contributed by atoms with Crippen molar-refractivity contribution in [3.05, 3.63) is 35.9 Å². The number of aliphatic hydroxyl groups excluding tert-OH is 1. The molecule has 114 valence electrons. The van der Waals surface area contributed by atoms with Crippen LogP contribution in [0.1, 0.15) is 18.5 Å². The summed E-state index contributed by atoms with van der Waals surface area (Å²) in [6.45, 7) is 1.35. The monoisotopic (exact) mass is 293 g/mol. The molecule has 0 saturated heterocycles. The predicted molar refractivity (Wildman–Crippen MR) is 76.1 cm³/mol. The second-order valence-corrected chi connectivity index (χ2v) is 4.24. The first kappa shape index (κ1) is 16.6. The minimum atomic E-state index is -0.958. The lowest BCUT2D eigenvalue weighted by Gasteiger charge is -2.18. The van der Waals surface area contributed by atoms with Gasteiger partial charge in [-0.15, -0.1) is 0 Å². The minimum absolute atomic E-state index is 0.176. The van der Waals surface area contributed by atoms with E-state index in [4.69, 9.17) is 5.11 Å². The van der Waals surface area contributed by atoms with Gasteiger partial charge in [0.1, 0.15) is 12.6 Å². The summed E-state index contributed by atoms with van der Waals surface area (Å²) in [5.74, 6) is -1.50. The van der Waals surface area contributed by atoms with E-state index in [0.29, 0.717) is 12.1 Å². The van der Waals surface area contributed by atoms with Crippen molar-refractivity contribution in [3.63, 3.8) is 0 Å². The van der Waals surface area contributed by atoms with Crippen molar-refractivity contribution in [2.75, 3.05) is 19.7 Å². The first-order chi connectivity index (χ1) is 10.1. The Bertz CT molecular complexity index is 490. The fraction of sp³-hybridized carbons (Fsp3) is 0.357. The summed E-state index contributed by atoms with van der Waals surface area (Å²) >= 11 is 0. The molecule has 0 heterocycles. The molecular formula is C14H19N3O4. The Hall–Kier alpha value is -2.41. The number of benzene rings is 1. The van der Waals surface area contributed by atoms with Crippen molar-refractivity contribution < 1.29 is 19.5 Å². The molecule has 7 heteroatoms. The number of carbonyl (C=O) groups is 3. The lowest BCUT2D eigenvalue weighted by Crippen LogP contribution is -2.44. The normalized spacial score (nSPS) is 11.3. The molecule has 1 aromatic rings. The second-order valence-electron chi connectivity index (χ2n) is 4.24. The number of rotatable bonds is 7. The van der Waals surface area contributed by atoms with Crippen molar-refractivity contribution in [3.8, 4) is 0 Å². The van der Waals surface area contributed by atoms with Gasteiger partial charge in [-0.25, -0.2) is 0 Å². The zero-order valence-electron chi connectivity index (χ0n) is 11.8. The van der Waals surface area contributed by atoms with Gasteiger partial charge in [0.05, 0.1) is 6.54 Å². The highest BCUT2D eigenvalue weighted by atomic mass is 16.3. The average Bonchev–Trinajstić information content (AvgIpc) is 2.51. The third-order valence-corrected chi connectivity index (χ3v) is 2.64. The number of carbonyl (C=O) groups excluding carboxylic acids is 3. The summed E-state index contributed by atoms with van der Waals surface area (Å²) in [7, 11) is 0. The molecule has 3 amide bonds. The van der Waals surface area contributed by atoms with Gasteiger partial charge in [0.2, 0.25) is 17.7 Å². The first-order valence-electron chi connectivity index (χ1n) is 6.58. The second kappa shape index (κ2) is 8.70. The molecule has 0 aliphatic rings. The standard InChI is InChI=1S/C14H19N3O4/c1-2-15-11(19)8-16-14(21)13(17-12(20)9-18)10-6-4-3-5-7-10/h3-7,13,18H,2,8-9H2,1H3,(H,15,19)(H,16,21)(H,17,20)/t13-/m1/s1. The van der Waals surface area contributed by atoms with Crippen LogP contribution in [0.5, 0.6) is 0 Å². The van der Waals surface area contributed by atoms with Crippen LogP contribution in [0, 0.1) is 0 Å². The highest BCUT2D eigenvalue weighted by Crippen LogP contribution is 2.12. The van der Waals surface area contributed by atoms with Gasteiger partial charge >= 0.3 is 0 Å². The van der Waals surface area contributed by atoms with Gasteiger partial charge in [-0.1, -0.05) is 30.3 Å². The van der Waals surface area contributed by atoms with Crippen molar-refractivity contribution in [1.29, 1.82) is 0 Å². The maximum atomic E-state index is 12.1. The summed E-state index contributed by atoms with van der Waals surface area (Å²) in [5.41, 5.74) is 0.563. The summed E-state index contributed by atoms with van der Waals surface area (Å²) in [5, 5.41) is 16.2. The lowest BCUT2D eigenvalue weighted by atomic mass is 10.1. The zero-order chi connectivity index (χ0) is 15.7. The highest BCUT2D eigenvalue weighted by molar-refractivity contribution is 5.91. The Morgan fingerprint density at radius 3 is 2.33 bits per heavy atom. The Kier molecular flexibility index (Phi) is 6.90. The van der Waals surface area contributed by atoms with Gasteiger partial charge in [0.15, 0.2) is 0 Å². The largest absolute Gasteiger partial charge is 0.387 e. The summed E-state index contributed by atoms with van der Waals surface area (Å²) < 4.78 is 0. The molecule has 0 unspecified atom stereocenters. The maximum absolute atomic E-state index is 12.1. The number of likely N-dealkylation sites (N-methyl/N-ethyl adjacent to an activating group) is 1. The number of aliphatic hydroxyl groups is 1. The molecule has 0 bridgehead atoms. The first-order valence-corrected chi connectivity index (χ1v) is 6.58. The van der Waals surface area contributed by atoms with Gasteiger partial charge in [-0.3, -0.25) is 14.4 Å². The number of hydrogen-bond acceptors (Lipinski definition) is 4. The van der Waals surface area contributed by atoms with Crippen LogP contribution in [0.4, 0.5) is 0 Å². The van der Waals surface area contributed by atoms with Crippen molar-refractivity contribution >= 4 is 17.7 Å². The summed E-state index contributed by atoms with van der Waals surface area (Å²) in [4.78, 5) is 34.8. The van der Waals surface area contributed by atoms with Gasteiger partial charge < -0.3 is 21.1 Å². The minimum Gasteiger partial charge on any atom is -0.387 e. The Morgan fingerprint density at radius 1 is 1.10 bits per heavy atom. The van der Waals surface area contributed by atoms with E-state index in [2.05, 4.69) is 16.0 Å². The van der Waals surface area contributed by atoms with Crippen molar-refractivity contribution in [2.24, 2.45) is 0 Å². The lowest BCUT2D eigenvalue weighted by molar-refractivity contribution is -0.131. The van der Waals surface area contributed by atoms with E-state index in [1.54, 1.807) is 37.3 Å². The highest BCUT2D eigenvalue weighted by Gasteiger charge is 2.22. The topological polar surface area (TPSA) is 108 Å². The van der Waals surface area contributed by atoms with Crippen LogP contribution < -0.4 is 16.0 Å². The maximum Gasteiger partial charge on any atom is 0.247 e. The number of hydrogen-bond donors (Lipinski definition) is 4. The zero-order valence-corrected chi connectivity index (χ0v) is 11.8. The van der Waals surface area contributed by atoms with Crippen LogP contribution in [0.3, 0.4) is 0 Å². The molecule has 1 aromatic carbocycles. The molecule has 0 radical (unpaired) electrons. The quantitative estimate of drug-likeness (QED) is 0.522. The fourth-order valence-corrected chi connectivity index (χ4v) is 1.68. The molecule has 0 fully saturated rings. The van der Waals surface area contributed by atoms with E-state index >= 15 is 0 Å². The van der Waals surface area contributed by atoms with E-state index in [-0.39, 0.29) is 12.5 Å². The molecule has 0 aliphatic heterocycles.